The van der Waals surface area contributed by atoms with Gasteiger partial charge in [-0.15, -0.1) is 0 Å². The molecule has 0 saturated heterocycles. The minimum absolute atomic E-state index is 0.106. The van der Waals surface area contributed by atoms with Crippen molar-refractivity contribution in [3.63, 3.8) is 0 Å². The van der Waals surface area contributed by atoms with Gasteiger partial charge in [-0.05, 0) is 56.8 Å². The quantitative estimate of drug-likeness (QED) is 0.352. The SMILES string of the molecule is Cc1cccc2c1/C(=C\Nc1cc(Cc3ccc(OCCCN(C)C)cc3)n[nH]1)C(=O)N2. The highest BCUT2D eigenvalue weighted by Gasteiger charge is 2.25. The topological polar surface area (TPSA) is 82.3 Å². The lowest BCUT2D eigenvalue weighted by molar-refractivity contribution is -0.110. The number of H-pyrrole nitrogens is 1. The molecule has 0 bridgehead atoms. The van der Waals surface area contributed by atoms with Crippen LogP contribution in [0.15, 0.2) is 54.7 Å². The first-order valence-electron chi connectivity index (χ1n) is 10.8. The third-order valence-electron chi connectivity index (χ3n) is 5.36. The number of hydrogen-bond donors (Lipinski definition) is 3. The Bertz CT molecular complexity index is 1120. The molecule has 1 aliphatic heterocycles. The number of aromatic nitrogens is 2. The number of nitrogens with one attached hydrogen (secondary N) is 3. The zero-order chi connectivity index (χ0) is 22.5. The molecular weight excluding hydrogens is 402 g/mol. The maximum atomic E-state index is 12.3. The second-order valence-corrected chi connectivity index (χ2v) is 8.25. The van der Waals surface area contributed by atoms with Gasteiger partial charge in [0, 0.05) is 36.5 Å². The Balaban J connectivity index is 1.34. The van der Waals surface area contributed by atoms with Crippen molar-refractivity contribution in [2.75, 3.05) is 37.9 Å². The summed E-state index contributed by atoms with van der Waals surface area (Å²) in [5.41, 5.74) is 5.53. The molecular formula is C25H29N5O2. The van der Waals surface area contributed by atoms with Crippen molar-refractivity contribution in [2.24, 2.45) is 0 Å². The van der Waals surface area contributed by atoms with Crippen LogP contribution in [0.2, 0.25) is 0 Å². The minimum atomic E-state index is -0.106. The highest BCUT2D eigenvalue weighted by Crippen LogP contribution is 2.34. The van der Waals surface area contributed by atoms with E-state index in [1.165, 1.54) is 0 Å². The summed E-state index contributed by atoms with van der Waals surface area (Å²) in [5, 5.41) is 13.5. The van der Waals surface area contributed by atoms with Gasteiger partial charge in [-0.3, -0.25) is 9.89 Å². The molecule has 1 amide bonds. The molecule has 0 atom stereocenters. The number of ether oxygens (including phenoxy) is 1. The zero-order valence-electron chi connectivity index (χ0n) is 18.7. The van der Waals surface area contributed by atoms with Crippen LogP contribution in [0.5, 0.6) is 5.75 Å². The van der Waals surface area contributed by atoms with Crippen LogP contribution in [-0.4, -0.2) is 48.3 Å². The number of carbonyl (C=O) groups is 1. The van der Waals surface area contributed by atoms with Gasteiger partial charge in [0.15, 0.2) is 0 Å². The van der Waals surface area contributed by atoms with E-state index >= 15 is 0 Å². The number of carbonyl (C=O) groups excluding carboxylic acids is 1. The number of anilines is 2. The number of amides is 1. The summed E-state index contributed by atoms with van der Waals surface area (Å²) in [6.45, 7) is 3.73. The second-order valence-electron chi connectivity index (χ2n) is 8.25. The van der Waals surface area contributed by atoms with Crippen molar-refractivity contribution < 1.29 is 9.53 Å². The standard InChI is InChI=1S/C25H29N5O2/c1-17-6-4-7-22-24(17)21(25(31)27-22)16-26-23-15-19(28-29-23)14-18-8-10-20(11-9-18)32-13-5-12-30(2)3/h4,6-11,15-16H,5,12-14H2,1-3H3,(H,27,31)(H2,26,28,29)/b21-16+. The molecule has 2 aromatic carbocycles. The summed E-state index contributed by atoms with van der Waals surface area (Å²) < 4.78 is 5.79. The van der Waals surface area contributed by atoms with Crippen LogP contribution in [-0.2, 0) is 11.2 Å². The predicted molar refractivity (Wildman–Crippen MR) is 128 cm³/mol. The van der Waals surface area contributed by atoms with E-state index in [-0.39, 0.29) is 5.91 Å². The Morgan fingerprint density at radius 2 is 1.97 bits per heavy atom. The van der Waals surface area contributed by atoms with Gasteiger partial charge >= 0.3 is 0 Å². The van der Waals surface area contributed by atoms with Gasteiger partial charge in [-0.1, -0.05) is 24.3 Å². The van der Waals surface area contributed by atoms with Crippen molar-refractivity contribution in [2.45, 2.75) is 19.8 Å². The van der Waals surface area contributed by atoms with Gasteiger partial charge in [-0.2, -0.15) is 5.10 Å². The van der Waals surface area contributed by atoms with Crippen LogP contribution in [0.4, 0.5) is 11.5 Å². The first kappa shape index (κ1) is 21.6. The molecule has 2 heterocycles. The Kier molecular flexibility index (Phi) is 6.56. The number of hydrogen-bond acceptors (Lipinski definition) is 5. The molecule has 0 aliphatic carbocycles. The molecule has 7 heteroatoms. The number of rotatable bonds is 9. The fourth-order valence-electron chi connectivity index (χ4n) is 3.73. The molecule has 32 heavy (non-hydrogen) atoms. The maximum absolute atomic E-state index is 12.3. The van der Waals surface area contributed by atoms with Gasteiger partial charge in [0.25, 0.3) is 5.91 Å². The molecule has 1 aromatic heterocycles. The maximum Gasteiger partial charge on any atom is 0.257 e. The normalized spacial score (nSPS) is 14.0. The average Bonchev–Trinajstić information content (AvgIpc) is 3.34. The monoisotopic (exact) mass is 431 g/mol. The van der Waals surface area contributed by atoms with Gasteiger partial charge < -0.3 is 20.3 Å². The van der Waals surface area contributed by atoms with Gasteiger partial charge in [0.05, 0.1) is 17.9 Å². The van der Waals surface area contributed by atoms with E-state index in [9.17, 15) is 4.79 Å². The lowest BCUT2D eigenvalue weighted by atomic mass is 10.0. The van der Waals surface area contributed by atoms with E-state index in [4.69, 9.17) is 4.74 Å². The average molecular weight is 432 g/mol. The molecule has 3 N–H and O–H groups in total. The first-order valence-corrected chi connectivity index (χ1v) is 10.8. The Hall–Kier alpha value is -3.58. The molecule has 1 aliphatic rings. The van der Waals surface area contributed by atoms with E-state index in [0.29, 0.717) is 18.6 Å². The summed E-state index contributed by atoms with van der Waals surface area (Å²) in [6, 6.07) is 15.9. The third-order valence-corrected chi connectivity index (χ3v) is 5.36. The molecule has 0 fully saturated rings. The molecule has 166 valence electrons. The van der Waals surface area contributed by atoms with Crippen molar-refractivity contribution >= 4 is 23.0 Å². The third kappa shape index (κ3) is 5.18. The Morgan fingerprint density at radius 3 is 2.75 bits per heavy atom. The van der Waals surface area contributed by atoms with Gasteiger partial charge in [-0.25, -0.2) is 0 Å². The van der Waals surface area contributed by atoms with E-state index in [1.807, 2.05) is 43.3 Å². The smallest absolute Gasteiger partial charge is 0.257 e. The number of fused-ring (bicyclic) bond motifs is 1. The van der Waals surface area contributed by atoms with Crippen molar-refractivity contribution in [1.29, 1.82) is 0 Å². The highest BCUT2D eigenvalue weighted by molar-refractivity contribution is 6.32. The van der Waals surface area contributed by atoms with Crippen LogP contribution in [0.3, 0.4) is 0 Å². The zero-order valence-corrected chi connectivity index (χ0v) is 18.7. The van der Waals surface area contributed by atoms with E-state index < -0.39 is 0 Å². The van der Waals surface area contributed by atoms with Crippen LogP contribution >= 0.6 is 0 Å². The summed E-state index contributed by atoms with van der Waals surface area (Å²) in [7, 11) is 4.13. The molecule has 4 rings (SSSR count). The minimum Gasteiger partial charge on any atom is -0.494 e. The van der Waals surface area contributed by atoms with Crippen LogP contribution in [0.1, 0.15) is 28.8 Å². The lowest BCUT2D eigenvalue weighted by Crippen LogP contribution is -2.15. The van der Waals surface area contributed by atoms with Gasteiger partial charge in [0.2, 0.25) is 0 Å². The van der Waals surface area contributed by atoms with Crippen molar-refractivity contribution in [3.05, 3.63) is 77.1 Å². The molecule has 0 spiro atoms. The van der Waals surface area contributed by atoms with Crippen LogP contribution in [0.25, 0.3) is 5.57 Å². The summed E-state index contributed by atoms with van der Waals surface area (Å²) in [4.78, 5) is 14.5. The second kappa shape index (κ2) is 9.70. The van der Waals surface area contributed by atoms with Crippen molar-refractivity contribution in [1.82, 2.24) is 15.1 Å². The van der Waals surface area contributed by atoms with E-state index in [2.05, 4.69) is 52.0 Å². The van der Waals surface area contributed by atoms with E-state index in [0.717, 1.165) is 52.6 Å². The summed E-state index contributed by atoms with van der Waals surface area (Å²) in [6.07, 6.45) is 3.44. The van der Waals surface area contributed by atoms with Crippen molar-refractivity contribution in [3.8, 4) is 5.75 Å². The summed E-state index contributed by atoms with van der Waals surface area (Å²) in [5.74, 6) is 1.52. The lowest BCUT2D eigenvalue weighted by Gasteiger charge is -2.10. The molecule has 0 saturated carbocycles. The van der Waals surface area contributed by atoms with E-state index in [1.54, 1.807) is 6.20 Å². The highest BCUT2D eigenvalue weighted by atomic mass is 16.5. The fraction of sp³-hybridized carbons (Fsp3) is 0.280. The Morgan fingerprint density at radius 1 is 1.16 bits per heavy atom. The molecule has 7 nitrogen and oxygen atoms in total. The molecule has 0 unspecified atom stereocenters. The largest absolute Gasteiger partial charge is 0.494 e. The number of benzene rings is 2. The molecule has 0 radical (unpaired) electrons. The van der Waals surface area contributed by atoms with Crippen LogP contribution < -0.4 is 15.4 Å². The number of nitrogens with zero attached hydrogens (tertiary/aromatic N) is 2. The number of aryl methyl sites for hydroxylation is 1. The predicted octanol–water partition coefficient (Wildman–Crippen LogP) is 4.04. The first-order chi connectivity index (χ1) is 15.5. The number of aromatic amines is 1. The summed E-state index contributed by atoms with van der Waals surface area (Å²) >= 11 is 0. The fourth-order valence-corrected chi connectivity index (χ4v) is 3.73. The molecule has 3 aromatic rings. The van der Waals surface area contributed by atoms with Crippen LogP contribution in [0, 0.1) is 6.92 Å². The van der Waals surface area contributed by atoms with Gasteiger partial charge in [0.1, 0.15) is 11.6 Å². The Labute approximate surface area is 188 Å².